The summed E-state index contributed by atoms with van der Waals surface area (Å²) < 4.78 is 0. The minimum atomic E-state index is -1.13. The van der Waals surface area contributed by atoms with Gasteiger partial charge in [-0.2, -0.15) is 0 Å². The van der Waals surface area contributed by atoms with Crippen molar-refractivity contribution in [2.75, 3.05) is 6.54 Å². The molecular formula is C34H47ClN6O6. The van der Waals surface area contributed by atoms with Gasteiger partial charge >= 0.3 is 6.03 Å². The minimum absolute atomic E-state index is 0.119. The van der Waals surface area contributed by atoms with Gasteiger partial charge < -0.3 is 31.5 Å². The highest BCUT2D eigenvalue weighted by atomic mass is 35.5. The standard InChI is InChI=1S/C34H47ClN6O6/c1-33(2,3)26(30(45)40-14-18-9-7-8-10-19(18)15-40)38-32(47)39-27(34(4,5)6)31(46)41-16-20-22(23(20)35)24(41)29(44)37-21(13-17-11-12-17)25(42)28(36)43/h7-10,17,20-24,26-27H,11-16H2,1-6H3,(H2,36,43)(H,37,44)(H2,38,39,47)/t20-,21?,22+,23?,24-,26+,27+/m0/s1. The van der Waals surface area contributed by atoms with Crippen LogP contribution in [0.25, 0.3) is 0 Å². The van der Waals surface area contributed by atoms with Crippen molar-refractivity contribution in [2.24, 2.45) is 34.3 Å². The van der Waals surface area contributed by atoms with E-state index in [9.17, 15) is 28.8 Å². The number of Topliss-reactive ketones (excluding diaryl/α,β-unsaturated/α-hetero) is 1. The van der Waals surface area contributed by atoms with Crippen LogP contribution in [-0.4, -0.2) is 81.3 Å². The van der Waals surface area contributed by atoms with Gasteiger partial charge in [-0.05, 0) is 40.2 Å². The Morgan fingerprint density at radius 1 is 0.872 bits per heavy atom. The SMILES string of the molecule is CC(C)(C)[C@H](NC(=O)N[C@H](C(=O)N1C[C@@H]2C(Cl)[C@@H]2[C@H]1C(=O)NC(CC1CC1)C(=O)C(N)=O)C(C)(C)C)C(=O)N1Cc2ccccc2C1. The van der Waals surface area contributed by atoms with E-state index in [-0.39, 0.29) is 35.6 Å². The number of hydrogen-bond donors (Lipinski definition) is 4. The second-order valence-corrected chi connectivity index (χ2v) is 16.3. The van der Waals surface area contributed by atoms with Crippen LogP contribution in [0.15, 0.2) is 24.3 Å². The van der Waals surface area contributed by atoms with E-state index in [0.717, 1.165) is 24.0 Å². The summed E-state index contributed by atoms with van der Waals surface area (Å²) in [6.45, 7) is 12.1. The van der Waals surface area contributed by atoms with Crippen molar-refractivity contribution in [1.82, 2.24) is 25.8 Å². The molecule has 47 heavy (non-hydrogen) atoms. The van der Waals surface area contributed by atoms with Gasteiger partial charge in [0.25, 0.3) is 5.91 Å². The van der Waals surface area contributed by atoms with E-state index < -0.39 is 64.5 Å². The molecule has 3 fully saturated rings. The number of ketones is 1. The highest BCUT2D eigenvalue weighted by molar-refractivity contribution is 6.38. The zero-order valence-electron chi connectivity index (χ0n) is 28.0. The number of hydrogen-bond acceptors (Lipinski definition) is 6. The van der Waals surface area contributed by atoms with Crippen LogP contribution in [0.5, 0.6) is 0 Å². The van der Waals surface area contributed by atoms with Crippen molar-refractivity contribution in [3.8, 4) is 0 Å². The van der Waals surface area contributed by atoms with E-state index in [4.69, 9.17) is 17.3 Å². The number of likely N-dealkylation sites (tertiary alicyclic amines) is 1. The number of nitrogens with zero attached hydrogens (tertiary/aromatic N) is 2. The second kappa shape index (κ2) is 12.7. The van der Waals surface area contributed by atoms with Crippen LogP contribution in [0, 0.1) is 28.6 Å². The Morgan fingerprint density at radius 2 is 1.40 bits per heavy atom. The third-order valence-electron chi connectivity index (χ3n) is 9.86. The number of fused-ring (bicyclic) bond motifs is 2. The van der Waals surface area contributed by atoms with E-state index in [1.54, 1.807) is 25.7 Å². The van der Waals surface area contributed by atoms with E-state index >= 15 is 0 Å². The number of urea groups is 1. The number of rotatable bonds is 10. The zero-order chi connectivity index (χ0) is 34.6. The zero-order valence-corrected chi connectivity index (χ0v) is 28.7. The maximum atomic E-state index is 14.2. The Balaban J connectivity index is 1.30. The average Bonchev–Trinajstić information content (AvgIpc) is 3.79. The molecule has 2 saturated carbocycles. The van der Waals surface area contributed by atoms with Crippen LogP contribution in [0.3, 0.4) is 0 Å². The van der Waals surface area contributed by atoms with Crippen LogP contribution in [0.2, 0.25) is 0 Å². The third kappa shape index (κ3) is 7.42. The summed E-state index contributed by atoms with van der Waals surface area (Å²) >= 11 is 6.50. The Kier molecular flexibility index (Phi) is 9.40. The Bertz CT molecular complexity index is 1440. The van der Waals surface area contributed by atoms with Crippen molar-refractivity contribution in [3.05, 3.63) is 35.4 Å². The van der Waals surface area contributed by atoms with E-state index in [0.29, 0.717) is 19.5 Å². The summed E-state index contributed by atoms with van der Waals surface area (Å²) in [6.07, 6.45) is 2.10. The van der Waals surface area contributed by atoms with Gasteiger partial charge in [0, 0.05) is 30.9 Å². The lowest BCUT2D eigenvalue weighted by molar-refractivity contribution is -0.144. The highest BCUT2D eigenvalue weighted by Crippen LogP contribution is 2.54. The molecule has 2 heterocycles. The maximum Gasteiger partial charge on any atom is 0.316 e. The van der Waals surface area contributed by atoms with E-state index in [2.05, 4.69) is 16.0 Å². The number of carbonyl (C=O) groups is 6. The van der Waals surface area contributed by atoms with Gasteiger partial charge in [0.1, 0.15) is 18.1 Å². The number of nitrogens with one attached hydrogen (secondary N) is 3. The van der Waals surface area contributed by atoms with Gasteiger partial charge in [0.2, 0.25) is 23.5 Å². The van der Waals surface area contributed by atoms with Gasteiger partial charge in [0.05, 0.1) is 6.04 Å². The lowest BCUT2D eigenvalue weighted by Gasteiger charge is -2.38. The first-order valence-corrected chi connectivity index (χ1v) is 16.8. The number of halogens is 1. The van der Waals surface area contributed by atoms with Gasteiger partial charge in [-0.25, -0.2) is 4.79 Å². The largest absolute Gasteiger partial charge is 0.363 e. The molecule has 5 N–H and O–H groups in total. The van der Waals surface area contributed by atoms with Crippen molar-refractivity contribution < 1.29 is 28.8 Å². The Morgan fingerprint density at radius 3 is 1.89 bits per heavy atom. The summed E-state index contributed by atoms with van der Waals surface area (Å²) in [6, 6.07) is 3.16. The molecule has 0 bridgehead atoms. The lowest BCUT2D eigenvalue weighted by atomic mass is 9.85. The first-order chi connectivity index (χ1) is 21.9. The molecule has 256 valence electrons. The minimum Gasteiger partial charge on any atom is -0.363 e. The van der Waals surface area contributed by atoms with Crippen LogP contribution < -0.4 is 21.7 Å². The Hall–Kier alpha value is -3.67. The Labute approximate surface area is 280 Å². The summed E-state index contributed by atoms with van der Waals surface area (Å²) in [7, 11) is 0. The molecule has 0 radical (unpaired) electrons. The summed E-state index contributed by atoms with van der Waals surface area (Å²) in [5.74, 6) is -3.49. The van der Waals surface area contributed by atoms with Crippen LogP contribution in [0.4, 0.5) is 4.79 Å². The van der Waals surface area contributed by atoms with Crippen molar-refractivity contribution in [2.45, 2.75) is 103 Å². The predicted molar refractivity (Wildman–Crippen MR) is 174 cm³/mol. The smallest absolute Gasteiger partial charge is 0.316 e. The number of benzene rings is 1. The number of amides is 6. The van der Waals surface area contributed by atoms with Crippen molar-refractivity contribution >= 4 is 47.0 Å². The number of nitrogens with two attached hydrogens (primary N) is 1. The molecule has 1 saturated heterocycles. The molecule has 2 unspecified atom stereocenters. The molecule has 2 aliphatic carbocycles. The molecule has 13 heteroatoms. The molecule has 5 rings (SSSR count). The number of piperidine rings is 1. The average molecular weight is 671 g/mol. The number of carbonyl (C=O) groups excluding carboxylic acids is 6. The van der Waals surface area contributed by atoms with Crippen LogP contribution >= 0.6 is 11.6 Å². The predicted octanol–water partition coefficient (Wildman–Crippen LogP) is 2.06. The summed E-state index contributed by atoms with van der Waals surface area (Å²) in [4.78, 5) is 82.7. The van der Waals surface area contributed by atoms with Gasteiger partial charge in [-0.1, -0.05) is 78.6 Å². The molecule has 4 aliphatic rings. The maximum absolute atomic E-state index is 14.2. The number of alkyl halides is 1. The topological polar surface area (TPSA) is 171 Å². The fourth-order valence-corrected chi connectivity index (χ4v) is 7.35. The quantitative estimate of drug-likeness (QED) is 0.219. The molecule has 6 amide bonds. The molecule has 7 atom stereocenters. The second-order valence-electron chi connectivity index (χ2n) is 15.8. The first-order valence-electron chi connectivity index (χ1n) is 16.4. The summed E-state index contributed by atoms with van der Waals surface area (Å²) in [5.41, 5.74) is 5.98. The molecule has 1 aromatic rings. The fourth-order valence-electron chi connectivity index (χ4n) is 6.87. The first kappa shape index (κ1) is 34.7. The van der Waals surface area contributed by atoms with E-state index in [1.165, 1.54) is 4.90 Å². The van der Waals surface area contributed by atoms with E-state index in [1.807, 2.05) is 45.0 Å². The molecule has 0 aromatic heterocycles. The van der Waals surface area contributed by atoms with Crippen LogP contribution in [-0.2, 0) is 37.1 Å². The molecule has 12 nitrogen and oxygen atoms in total. The van der Waals surface area contributed by atoms with Gasteiger partial charge in [0.15, 0.2) is 0 Å². The fraction of sp³-hybridized carbons (Fsp3) is 0.647. The molecule has 0 spiro atoms. The normalized spacial score (nSPS) is 25.2. The summed E-state index contributed by atoms with van der Waals surface area (Å²) in [5, 5.41) is 8.04. The number of primary amides is 1. The van der Waals surface area contributed by atoms with Crippen molar-refractivity contribution in [1.29, 1.82) is 0 Å². The monoisotopic (exact) mass is 670 g/mol. The van der Waals surface area contributed by atoms with Crippen molar-refractivity contribution in [3.63, 3.8) is 0 Å². The molecular weight excluding hydrogens is 624 g/mol. The van der Waals surface area contributed by atoms with Gasteiger partial charge in [-0.15, -0.1) is 11.6 Å². The van der Waals surface area contributed by atoms with Crippen LogP contribution in [0.1, 0.15) is 71.9 Å². The lowest BCUT2D eigenvalue weighted by Crippen LogP contribution is -2.63. The van der Waals surface area contributed by atoms with Gasteiger partial charge in [-0.3, -0.25) is 24.0 Å². The molecule has 2 aliphatic heterocycles. The molecule has 1 aromatic carbocycles. The third-order valence-corrected chi connectivity index (χ3v) is 10.5. The highest BCUT2D eigenvalue weighted by Gasteiger charge is 2.65.